The first-order valence-electron chi connectivity index (χ1n) is 12.2. The number of fused-ring (bicyclic) bond motifs is 1. The van der Waals surface area contributed by atoms with Crippen molar-refractivity contribution in [1.82, 2.24) is 10.2 Å². The van der Waals surface area contributed by atoms with E-state index in [9.17, 15) is 18.0 Å². The second-order valence-electron chi connectivity index (χ2n) is 9.87. The van der Waals surface area contributed by atoms with Gasteiger partial charge >= 0.3 is 0 Å². The molecule has 0 unspecified atom stereocenters. The van der Waals surface area contributed by atoms with Gasteiger partial charge in [0.15, 0.2) is 11.5 Å². The molecular weight excluding hydrogens is 553 g/mol. The van der Waals surface area contributed by atoms with Gasteiger partial charge in [0.25, 0.3) is 0 Å². The largest absolute Gasteiger partial charge is 0.486 e. The normalized spacial score (nSPS) is 14.0. The Kier molecular flexibility index (Phi) is 9.43. The predicted octanol–water partition coefficient (Wildman–Crippen LogP) is 4.25. The summed E-state index contributed by atoms with van der Waals surface area (Å²) in [4.78, 5) is 28.2. The summed E-state index contributed by atoms with van der Waals surface area (Å²) in [6, 6.07) is 8.67. The van der Waals surface area contributed by atoms with Gasteiger partial charge in [-0.3, -0.25) is 13.9 Å². The molecular formula is C26H33Cl2N3O6S. The number of anilines is 1. The minimum absolute atomic E-state index is 0.1000. The van der Waals surface area contributed by atoms with Crippen LogP contribution in [0.2, 0.25) is 10.0 Å². The first-order valence-corrected chi connectivity index (χ1v) is 14.5. The van der Waals surface area contributed by atoms with E-state index in [1.807, 2.05) is 20.8 Å². The van der Waals surface area contributed by atoms with E-state index in [4.69, 9.17) is 32.7 Å². The average molecular weight is 587 g/mol. The smallest absolute Gasteiger partial charge is 0.244 e. The van der Waals surface area contributed by atoms with Crippen LogP contribution in [0, 0.1) is 0 Å². The highest BCUT2D eigenvalue weighted by atomic mass is 35.5. The lowest BCUT2D eigenvalue weighted by atomic mass is 10.1. The van der Waals surface area contributed by atoms with Gasteiger partial charge < -0.3 is 19.7 Å². The van der Waals surface area contributed by atoms with E-state index in [2.05, 4.69) is 5.32 Å². The fourth-order valence-corrected chi connectivity index (χ4v) is 5.39. The molecule has 9 nitrogen and oxygen atoms in total. The third kappa shape index (κ3) is 7.24. The third-order valence-corrected chi connectivity index (χ3v) is 8.30. The van der Waals surface area contributed by atoms with Crippen LogP contribution in [0.25, 0.3) is 0 Å². The van der Waals surface area contributed by atoms with Crippen molar-refractivity contribution in [2.45, 2.75) is 52.7 Å². The maximum atomic E-state index is 13.8. The van der Waals surface area contributed by atoms with Crippen molar-refractivity contribution in [3.8, 4) is 11.5 Å². The van der Waals surface area contributed by atoms with Gasteiger partial charge in [0.2, 0.25) is 21.8 Å². The molecule has 0 fully saturated rings. The highest BCUT2D eigenvalue weighted by Gasteiger charge is 2.33. The Morgan fingerprint density at radius 3 is 2.24 bits per heavy atom. The summed E-state index contributed by atoms with van der Waals surface area (Å²) >= 11 is 12.8. The van der Waals surface area contributed by atoms with Gasteiger partial charge in [-0.25, -0.2) is 8.42 Å². The number of ether oxygens (including phenoxy) is 2. The van der Waals surface area contributed by atoms with Crippen molar-refractivity contribution in [1.29, 1.82) is 0 Å². The molecule has 0 saturated carbocycles. The number of rotatable bonds is 9. The number of hydrogen-bond acceptors (Lipinski definition) is 6. The predicted molar refractivity (Wildman–Crippen MR) is 149 cm³/mol. The van der Waals surface area contributed by atoms with E-state index in [1.165, 1.54) is 17.9 Å². The highest BCUT2D eigenvalue weighted by molar-refractivity contribution is 7.92. The number of sulfonamides is 1. The summed E-state index contributed by atoms with van der Waals surface area (Å²) in [5.41, 5.74) is 0.140. The molecule has 3 rings (SSSR count). The number of hydrogen-bond donors (Lipinski definition) is 1. The van der Waals surface area contributed by atoms with E-state index < -0.39 is 40.0 Å². The van der Waals surface area contributed by atoms with Gasteiger partial charge in [-0.05, 0) is 58.9 Å². The van der Waals surface area contributed by atoms with Crippen LogP contribution < -0.4 is 19.1 Å². The molecule has 0 bridgehead atoms. The standard InChI is InChI=1S/C26H33Cl2N3O6S/c1-6-38(34,35)31(18-10-11-22-23(14-18)37-13-12-36-22)16-24(32)30(17(2)25(33)29-26(3,4)5)15-19-20(27)8-7-9-21(19)28/h7-11,14,17H,6,12-13,15-16H2,1-5H3,(H,29,33)/t17-/m1/s1. The molecule has 0 radical (unpaired) electrons. The molecule has 2 amide bonds. The van der Waals surface area contributed by atoms with Crippen LogP contribution >= 0.6 is 23.2 Å². The minimum atomic E-state index is -3.90. The molecule has 1 N–H and O–H groups in total. The van der Waals surface area contributed by atoms with Crippen LogP contribution in [-0.4, -0.2) is 62.2 Å². The summed E-state index contributed by atoms with van der Waals surface area (Å²) in [6.07, 6.45) is 0. The molecule has 1 atom stereocenters. The number of nitrogens with zero attached hydrogens (tertiary/aromatic N) is 2. The zero-order valence-corrected chi connectivity index (χ0v) is 24.4. The Balaban J connectivity index is 2.00. The molecule has 38 heavy (non-hydrogen) atoms. The number of carbonyl (C=O) groups is 2. The fourth-order valence-electron chi connectivity index (χ4n) is 3.82. The molecule has 0 aromatic heterocycles. The summed E-state index contributed by atoms with van der Waals surface area (Å²) < 4.78 is 38.5. The van der Waals surface area contributed by atoms with E-state index in [1.54, 1.807) is 37.3 Å². The third-order valence-electron chi connectivity index (χ3n) is 5.85. The maximum absolute atomic E-state index is 13.8. The Morgan fingerprint density at radius 1 is 1.05 bits per heavy atom. The van der Waals surface area contributed by atoms with Crippen molar-refractivity contribution in [3.05, 3.63) is 52.0 Å². The Labute approximate surface area is 234 Å². The van der Waals surface area contributed by atoms with Gasteiger partial charge in [-0.15, -0.1) is 0 Å². The number of benzene rings is 2. The summed E-state index contributed by atoms with van der Waals surface area (Å²) in [7, 11) is -3.90. The lowest BCUT2D eigenvalue weighted by Crippen LogP contribution is -2.54. The van der Waals surface area contributed by atoms with Gasteiger partial charge in [0.05, 0.1) is 11.4 Å². The molecule has 12 heteroatoms. The molecule has 0 aliphatic carbocycles. The van der Waals surface area contributed by atoms with E-state index >= 15 is 0 Å². The first kappa shape index (κ1) is 29.9. The highest BCUT2D eigenvalue weighted by Crippen LogP contribution is 2.35. The SMILES string of the molecule is CCS(=O)(=O)N(CC(=O)N(Cc1c(Cl)cccc1Cl)[C@H](C)C(=O)NC(C)(C)C)c1ccc2c(c1)OCCO2. The molecule has 2 aromatic rings. The molecule has 1 heterocycles. The average Bonchev–Trinajstić information content (AvgIpc) is 2.85. The molecule has 1 aliphatic heterocycles. The summed E-state index contributed by atoms with van der Waals surface area (Å²) in [5.74, 6) is -0.383. The molecule has 0 saturated heterocycles. The van der Waals surface area contributed by atoms with E-state index in [-0.39, 0.29) is 18.0 Å². The van der Waals surface area contributed by atoms with Gasteiger partial charge in [0, 0.05) is 33.8 Å². The second-order valence-corrected chi connectivity index (χ2v) is 12.9. The lowest BCUT2D eigenvalue weighted by Gasteiger charge is -2.34. The Hall–Kier alpha value is -2.69. The first-order chi connectivity index (χ1) is 17.7. The zero-order chi connectivity index (χ0) is 28.3. The molecule has 208 valence electrons. The quantitative estimate of drug-likeness (QED) is 0.471. The summed E-state index contributed by atoms with van der Waals surface area (Å²) in [5, 5.41) is 3.51. The lowest BCUT2D eigenvalue weighted by molar-refractivity contribution is -0.140. The van der Waals surface area contributed by atoms with Crippen molar-refractivity contribution in [2.24, 2.45) is 0 Å². The van der Waals surface area contributed by atoms with Crippen LogP contribution in [0.1, 0.15) is 40.2 Å². The second kappa shape index (κ2) is 12.0. The molecule has 2 aromatic carbocycles. The summed E-state index contributed by atoms with van der Waals surface area (Å²) in [6.45, 7) is 8.60. The zero-order valence-electron chi connectivity index (χ0n) is 22.1. The Morgan fingerprint density at radius 2 is 1.66 bits per heavy atom. The van der Waals surface area contributed by atoms with Crippen molar-refractivity contribution < 1.29 is 27.5 Å². The number of nitrogens with one attached hydrogen (secondary N) is 1. The van der Waals surface area contributed by atoms with Crippen LogP contribution in [0.15, 0.2) is 36.4 Å². The van der Waals surface area contributed by atoms with Crippen molar-refractivity contribution >= 4 is 50.7 Å². The van der Waals surface area contributed by atoms with E-state index in [0.717, 1.165) is 4.31 Å². The molecule has 0 spiro atoms. The van der Waals surface area contributed by atoms with Crippen molar-refractivity contribution in [3.63, 3.8) is 0 Å². The van der Waals surface area contributed by atoms with Crippen LogP contribution in [0.3, 0.4) is 0 Å². The number of halogens is 2. The van der Waals surface area contributed by atoms with Crippen LogP contribution in [0.4, 0.5) is 5.69 Å². The fraction of sp³-hybridized carbons (Fsp3) is 0.462. The van der Waals surface area contributed by atoms with Gasteiger partial charge in [0.1, 0.15) is 25.8 Å². The topological polar surface area (TPSA) is 105 Å². The molecule has 1 aliphatic rings. The number of amides is 2. The monoisotopic (exact) mass is 585 g/mol. The Bertz CT molecular complexity index is 1280. The van der Waals surface area contributed by atoms with E-state index in [0.29, 0.717) is 40.3 Å². The van der Waals surface area contributed by atoms with Crippen LogP contribution in [0.5, 0.6) is 11.5 Å². The van der Waals surface area contributed by atoms with Crippen LogP contribution in [-0.2, 0) is 26.2 Å². The van der Waals surface area contributed by atoms with Crippen molar-refractivity contribution in [2.75, 3.05) is 29.8 Å². The minimum Gasteiger partial charge on any atom is -0.486 e. The van der Waals surface area contributed by atoms with Gasteiger partial charge in [-0.2, -0.15) is 0 Å². The maximum Gasteiger partial charge on any atom is 0.244 e. The number of carbonyl (C=O) groups excluding carboxylic acids is 2. The van der Waals surface area contributed by atoms with Gasteiger partial charge in [-0.1, -0.05) is 29.3 Å².